The van der Waals surface area contributed by atoms with Gasteiger partial charge >= 0.3 is 0 Å². The number of anilines is 2. The van der Waals surface area contributed by atoms with Gasteiger partial charge in [-0.15, -0.1) is 0 Å². The van der Waals surface area contributed by atoms with Crippen LogP contribution in [0, 0.1) is 0 Å². The highest BCUT2D eigenvalue weighted by Crippen LogP contribution is 2.21. The predicted octanol–water partition coefficient (Wildman–Crippen LogP) is 3.07. The highest BCUT2D eigenvalue weighted by molar-refractivity contribution is 5.49. The fourth-order valence-electron chi connectivity index (χ4n) is 2.29. The van der Waals surface area contributed by atoms with Crippen molar-refractivity contribution in [3.05, 3.63) is 29.8 Å². The first-order valence-corrected chi connectivity index (χ1v) is 7.15. The predicted molar refractivity (Wildman–Crippen MR) is 84.4 cm³/mol. The first-order chi connectivity index (χ1) is 9.48. The van der Waals surface area contributed by atoms with Crippen molar-refractivity contribution in [3.8, 4) is 0 Å². The van der Waals surface area contributed by atoms with Crippen LogP contribution in [0.2, 0.25) is 0 Å². The number of hydrogen-bond acceptors (Lipinski definition) is 4. The zero-order valence-corrected chi connectivity index (χ0v) is 12.9. The summed E-state index contributed by atoms with van der Waals surface area (Å²) in [6.45, 7) is 9.07. The summed E-state index contributed by atoms with van der Waals surface area (Å²) in [5.74, 6) is 1.97. The minimum atomic E-state index is 0.0268. The molecule has 0 unspecified atom stereocenters. The van der Waals surface area contributed by atoms with Gasteiger partial charge in [0.2, 0.25) is 0 Å². The molecule has 1 aliphatic rings. The maximum atomic E-state index is 5.18. The second-order valence-electron chi connectivity index (χ2n) is 6.25. The van der Waals surface area contributed by atoms with Gasteiger partial charge < -0.3 is 15.0 Å². The lowest BCUT2D eigenvalue weighted by atomic mass is 10.1. The third-order valence-electron chi connectivity index (χ3n) is 3.19. The van der Waals surface area contributed by atoms with E-state index in [4.69, 9.17) is 9.72 Å². The minimum absolute atomic E-state index is 0.0268. The maximum Gasteiger partial charge on any atom is 0.131 e. The van der Waals surface area contributed by atoms with Crippen LogP contribution in [-0.2, 0) is 4.74 Å². The molecule has 2 heterocycles. The summed E-state index contributed by atoms with van der Waals surface area (Å²) in [6.07, 6.45) is 3.30. The molecule has 0 bridgehead atoms. The molecule has 1 aromatic heterocycles. The van der Waals surface area contributed by atoms with E-state index in [9.17, 15) is 0 Å². The maximum absolute atomic E-state index is 5.18. The number of ether oxygens (including phenoxy) is 1. The van der Waals surface area contributed by atoms with Crippen LogP contribution in [0.5, 0.6) is 0 Å². The van der Waals surface area contributed by atoms with E-state index in [1.165, 1.54) is 5.57 Å². The first-order valence-electron chi connectivity index (χ1n) is 7.15. The van der Waals surface area contributed by atoms with Gasteiger partial charge in [-0.25, -0.2) is 4.98 Å². The van der Waals surface area contributed by atoms with Gasteiger partial charge in [0.05, 0.1) is 6.61 Å². The van der Waals surface area contributed by atoms with E-state index < -0.39 is 0 Å². The Hall–Kier alpha value is -1.55. The Kier molecular flexibility index (Phi) is 4.65. The third-order valence-corrected chi connectivity index (χ3v) is 3.19. The largest absolute Gasteiger partial charge is 0.380 e. The standard InChI is InChI=1S/C16H25N3O/c1-16(2,3)18-14-6-5-7-15(17-14)19-10-8-13(9-11-19)12-20-4/h5-8H,9-12H2,1-4H3,(H,17,18). The third kappa shape index (κ3) is 4.23. The second kappa shape index (κ2) is 6.27. The number of aromatic nitrogens is 1. The average Bonchev–Trinajstić information content (AvgIpc) is 2.38. The van der Waals surface area contributed by atoms with E-state index in [2.05, 4.69) is 49.2 Å². The molecular formula is C16H25N3O. The van der Waals surface area contributed by atoms with Crippen molar-refractivity contribution in [3.63, 3.8) is 0 Å². The monoisotopic (exact) mass is 275 g/mol. The molecule has 1 aromatic rings. The van der Waals surface area contributed by atoms with Gasteiger partial charge in [0, 0.05) is 25.7 Å². The Bertz CT molecular complexity index is 477. The quantitative estimate of drug-likeness (QED) is 0.857. The van der Waals surface area contributed by atoms with Gasteiger partial charge in [-0.2, -0.15) is 0 Å². The summed E-state index contributed by atoms with van der Waals surface area (Å²) < 4.78 is 5.18. The Morgan fingerprint density at radius 3 is 2.75 bits per heavy atom. The summed E-state index contributed by atoms with van der Waals surface area (Å²) >= 11 is 0. The molecule has 0 fully saturated rings. The van der Waals surface area contributed by atoms with Crippen LogP contribution in [0.25, 0.3) is 0 Å². The first kappa shape index (κ1) is 14.9. The molecule has 2 rings (SSSR count). The molecule has 0 saturated heterocycles. The number of hydrogen-bond donors (Lipinski definition) is 1. The van der Waals surface area contributed by atoms with Crippen LogP contribution in [0.3, 0.4) is 0 Å². The SMILES string of the molecule is COCC1=CCN(c2cccc(NC(C)(C)C)n2)CC1. The van der Waals surface area contributed by atoms with Crippen LogP contribution in [0.4, 0.5) is 11.6 Å². The number of pyridine rings is 1. The topological polar surface area (TPSA) is 37.4 Å². The van der Waals surface area contributed by atoms with Crippen LogP contribution in [0.15, 0.2) is 29.8 Å². The number of rotatable bonds is 4. The van der Waals surface area contributed by atoms with E-state index in [-0.39, 0.29) is 5.54 Å². The molecule has 1 aliphatic heterocycles. The smallest absolute Gasteiger partial charge is 0.131 e. The second-order valence-corrected chi connectivity index (χ2v) is 6.25. The molecule has 0 spiro atoms. The van der Waals surface area contributed by atoms with Crippen molar-refractivity contribution in [2.45, 2.75) is 32.7 Å². The summed E-state index contributed by atoms with van der Waals surface area (Å²) in [4.78, 5) is 7.01. The lowest BCUT2D eigenvalue weighted by molar-refractivity contribution is 0.222. The van der Waals surface area contributed by atoms with Gasteiger partial charge in [0.15, 0.2) is 0 Å². The Balaban J connectivity index is 2.05. The Morgan fingerprint density at radius 1 is 1.35 bits per heavy atom. The lowest BCUT2D eigenvalue weighted by Crippen LogP contribution is -2.31. The van der Waals surface area contributed by atoms with Gasteiger partial charge in [-0.3, -0.25) is 0 Å². The molecule has 1 N–H and O–H groups in total. The Morgan fingerprint density at radius 2 is 2.15 bits per heavy atom. The number of methoxy groups -OCH3 is 1. The normalized spacial score (nSPS) is 16.0. The molecular weight excluding hydrogens is 250 g/mol. The number of nitrogens with zero attached hydrogens (tertiary/aromatic N) is 2. The van der Waals surface area contributed by atoms with E-state index in [0.717, 1.165) is 37.8 Å². The molecule has 0 amide bonds. The van der Waals surface area contributed by atoms with E-state index in [0.29, 0.717) is 0 Å². The number of nitrogens with one attached hydrogen (secondary N) is 1. The van der Waals surface area contributed by atoms with Crippen LogP contribution in [-0.4, -0.2) is 37.3 Å². The van der Waals surface area contributed by atoms with E-state index >= 15 is 0 Å². The lowest BCUT2D eigenvalue weighted by Gasteiger charge is -2.28. The van der Waals surface area contributed by atoms with Gasteiger partial charge in [0.25, 0.3) is 0 Å². The molecule has 0 radical (unpaired) electrons. The van der Waals surface area contributed by atoms with Crippen molar-refractivity contribution in [2.24, 2.45) is 0 Å². The van der Waals surface area contributed by atoms with Crippen LogP contribution in [0.1, 0.15) is 27.2 Å². The molecule has 0 saturated carbocycles. The molecule has 0 aliphatic carbocycles. The molecule has 0 atom stereocenters. The fourth-order valence-corrected chi connectivity index (χ4v) is 2.29. The van der Waals surface area contributed by atoms with Gasteiger partial charge in [0.1, 0.15) is 11.6 Å². The summed E-state index contributed by atoms with van der Waals surface area (Å²) in [5.41, 5.74) is 1.41. The summed E-state index contributed by atoms with van der Waals surface area (Å²) in [5, 5.41) is 3.42. The summed E-state index contributed by atoms with van der Waals surface area (Å²) in [7, 11) is 1.75. The van der Waals surface area contributed by atoms with E-state index in [1.54, 1.807) is 7.11 Å². The highest BCUT2D eigenvalue weighted by Gasteiger charge is 2.15. The summed E-state index contributed by atoms with van der Waals surface area (Å²) in [6, 6.07) is 6.15. The molecule has 20 heavy (non-hydrogen) atoms. The Labute approximate surface area is 121 Å². The van der Waals surface area contributed by atoms with Crippen molar-refractivity contribution < 1.29 is 4.74 Å². The van der Waals surface area contributed by atoms with Crippen molar-refractivity contribution >= 4 is 11.6 Å². The molecule has 0 aromatic carbocycles. The van der Waals surface area contributed by atoms with Crippen LogP contribution < -0.4 is 10.2 Å². The highest BCUT2D eigenvalue weighted by atomic mass is 16.5. The van der Waals surface area contributed by atoms with Crippen molar-refractivity contribution in [1.82, 2.24) is 4.98 Å². The molecule has 110 valence electrons. The van der Waals surface area contributed by atoms with Crippen LogP contribution >= 0.6 is 0 Å². The zero-order valence-electron chi connectivity index (χ0n) is 12.9. The molecule has 4 nitrogen and oxygen atoms in total. The van der Waals surface area contributed by atoms with Crippen molar-refractivity contribution in [1.29, 1.82) is 0 Å². The molecule has 4 heteroatoms. The minimum Gasteiger partial charge on any atom is -0.380 e. The van der Waals surface area contributed by atoms with Gasteiger partial charge in [-0.1, -0.05) is 12.1 Å². The van der Waals surface area contributed by atoms with Gasteiger partial charge in [-0.05, 0) is 44.9 Å². The fraction of sp³-hybridized carbons (Fsp3) is 0.562. The van der Waals surface area contributed by atoms with Crippen molar-refractivity contribution in [2.75, 3.05) is 37.0 Å². The van der Waals surface area contributed by atoms with E-state index in [1.807, 2.05) is 6.07 Å². The zero-order chi connectivity index (χ0) is 14.6. The average molecular weight is 275 g/mol.